The molecule has 30 heavy (non-hydrogen) atoms. The highest BCUT2D eigenvalue weighted by Crippen LogP contribution is 2.60. The molecule has 6 nitrogen and oxygen atoms in total. The van der Waals surface area contributed by atoms with Crippen molar-refractivity contribution in [2.45, 2.75) is 58.4 Å². The highest BCUT2D eigenvalue weighted by molar-refractivity contribution is 5.99. The summed E-state index contributed by atoms with van der Waals surface area (Å²) >= 11 is 0. The van der Waals surface area contributed by atoms with Crippen molar-refractivity contribution in [3.63, 3.8) is 0 Å². The number of nitrogens with one attached hydrogen (secondary N) is 3. The van der Waals surface area contributed by atoms with Gasteiger partial charge in [-0.2, -0.15) is 0 Å². The van der Waals surface area contributed by atoms with E-state index in [1.165, 1.54) is 19.3 Å². The molecule has 0 saturated heterocycles. The molecule has 4 bridgehead atoms. The molecule has 0 aliphatic heterocycles. The third-order valence-corrected chi connectivity index (χ3v) is 7.40. The molecule has 1 atom stereocenters. The normalized spacial score (nSPS) is 30.1. The summed E-state index contributed by atoms with van der Waals surface area (Å²) in [6.45, 7) is 3.91. The van der Waals surface area contributed by atoms with E-state index >= 15 is 0 Å². The van der Waals surface area contributed by atoms with E-state index < -0.39 is 6.04 Å². The molecule has 0 radical (unpaired) electrons. The number of anilines is 1. The first-order valence-electron chi connectivity index (χ1n) is 11.2. The average Bonchev–Trinajstić information content (AvgIpc) is 2.70. The van der Waals surface area contributed by atoms with Crippen LogP contribution < -0.4 is 16.0 Å². The zero-order chi connectivity index (χ0) is 21.5. The van der Waals surface area contributed by atoms with E-state index in [0.717, 1.165) is 19.3 Å². The van der Waals surface area contributed by atoms with Crippen molar-refractivity contribution in [3.8, 4) is 0 Å². The summed E-state index contributed by atoms with van der Waals surface area (Å²) in [4.78, 5) is 38.1. The summed E-state index contributed by atoms with van der Waals surface area (Å²) in [7, 11) is 1.58. The number of hydrogen-bond acceptors (Lipinski definition) is 3. The topological polar surface area (TPSA) is 87.3 Å². The van der Waals surface area contributed by atoms with Crippen LogP contribution in [0.15, 0.2) is 24.3 Å². The van der Waals surface area contributed by atoms with Crippen molar-refractivity contribution in [3.05, 3.63) is 29.8 Å². The van der Waals surface area contributed by atoms with Crippen LogP contribution in [0.5, 0.6) is 0 Å². The maximum Gasteiger partial charge on any atom is 0.251 e. The Hall–Kier alpha value is -2.37. The Balaban J connectivity index is 1.43. The van der Waals surface area contributed by atoms with Crippen LogP contribution in [-0.2, 0) is 9.59 Å². The molecule has 3 amide bonds. The molecule has 162 valence electrons. The highest BCUT2D eigenvalue weighted by Gasteiger charge is 2.55. The molecule has 1 aromatic rings. The second-order valence-electron chi connectivity index (χ2n) is 10.0. The lowest BCUT2D eigenvalue weighted by molar-refractivity contribution is -0.148. The van der Waals surface area contributed by atoms with Crippen molar-refractivity contribution in [1.29, 1.82) is 0 Å². The molecule has 4 aliphatic carbocycles. The predicted octanol–water partition coefficient (Wildman–Crippen LogP) is 3.34. The quantitative estimate of drug-likeness (QED) is 0.671. The molecule has 1 aromatic carbocycles. The lowest BCUT2D eigenvalue weighted by atomic mass is 9.49. The van der Waals surface area contributed by atoms with Gasteiger partial charge in [0.25, 0.3) is 5.91 Å². The fourth-order valence-electron chi connectivity index (χ4n) is 6.29. The van der Waals surface area contributed by atoms with Gasteiger partial charge in [-0.05, 0) is 86.5 Å². The molecule has 0 aromatic heterocycles. The standard InChI is InChI=1S/C24H33N3O3/c1-14(2)20(22(29)26-19-6-4-18(5-7-19)21(28)25-3)27-23(30)24-11-15-8-16(12-24)10-17(9-15)13-24/h4-7,14-17,20H,8-13H2,1-3H3,(H,25,28)(H,26,29)(H,27,30)/t15?,16?,17?,20-,24?/m1/s1. The first kappa shape index (κ1) is 20.9. The van der Waals surface area contributed by atoms with Crippen molar-refractivity contribution in [1.82, 2.24) is 10.6 Å². The van der Waals surface area contributed by atoms with Gasteiger partial charge >= 0.3 is 0 Å². The number of rotatable bonds is 6. The predicted molar refractivity (Wildman–Crippen MR) is 116 cm³/mol. The smallest absolute Gasteiger partial charge is 0.251 e. The zero-order valence-corrected chi connectivity index (χ0v) is 18.2. The van der Waals surface area contributed by atoms with Gasteiger partial charge in [0, 0.05) is 23.7 Å². The van der Waals surface area contributed by atoms with Crippen molar-refractivity contribution in [2.24, 2.45) is 29.1 Å². The van der Waals surface area contributed by atoms with Crippen LogP contribution in [-0.4, -0.2) is 30.8 Å². The summed E-state index contributed by atoms with van der Waals surface area (Å²) < 4.78 is 0. The minimum atomic E-state index is -0.580. The van der Waals surface area contributed by atoms with Crippen LogP contribution in [0.2, 0.25) is 0 Å². The Kier molecular flexibility index (Phi) is 5.60. The van der Waals surface area contributed by atoms with Crippen LogP contribution in [0.4, 0.5) is 5.69 Å². The van der Waals surface area contributed by atoms with Crippen molar-refractivity contribution >= 4 is 23.4 Å². The van der Waals surface area contributed by atoms with Gasteiger partial charge < -0.3 is 16.0 Å². The number of carbonyl (C=O) groups excluding carboxylic acids is 3. The van der Waals surface area contributed by atoms with Crippen LogP contribution >= 0.6 is 0 Å². The van der Waals surface area contributed by atoms with Gasteiger partial charge in [-0.15, -0.1) is 0 Å². The van der Waals surface area contributed by atoms with Gasteiger partial charge in [-0.25, -0.2) is 0 Å². The summed E-state index contributed by atoms with van der Waals surface area (Å²) in [5, 5.41) is 8.60. The monoisotopic (exact) mass is 411 g/mol. The van der Waals surface area contributed by atoms with Crippen LogP contribution in [0.25, 0.3) is 0 Å². The third kappa shape index (κ3) is 3.96. The number of amides is 3. The molecule has 4 saturated carbocycles. The minimum absolute atomic E-state index is 0.0204. The Bertz CT molecular complexity index is 795. The van der Waals surface area contributed by atoms with E-state index in [2.05, 4.69) is 16.0 Å². The molecule has 0 spiro atoms. The summed E-state index contributed by atoms with van der Waals surface area (Å²) in [6, 6.07) is 6.19. The maximum atomic E-state index is 13.4. The Labute approximate surface area is 178 Å². The Morgan fingerprint density at radius 1 is 0.933 bits per heavy atom. The van der Waals surface area contributed by atoms with Gasteiger partial charge in [0.15, 0.2) is 0 Å². The van der Waals surface area contributed by atoms with Crippen LogP contribution in [0, 0.1) is 29.1 Å². The minimum Gasteiger partial charge on any atom is -0.355 e. The van der Waals surface area contributed by atoms with Gasteiger partial charge in [0.05, 0.1) is 0 Å². The molecular formula is C24H33N3O3. The van der Waals surface area contributed by atoms with E-state index in [9.17, 15) is 14.4 Å². The molecule has 5 rings (SSSR count). The van der Waals surface area contributed by atoms with E-state index in [1.54, 1.807) is 31.3 Å². The van der Waals surface area contributed by atoms with Crippen molar-refractivity contribution in [2.75, 3.05) is 12.4 Å². The van der Waals surface area contributed by atoms with Gasteiger partial charge in [-0.3, -0.25) is 14.4 Å². The molecule has 4 aliphatic rings. The molecule has 0 heterocycles. The zero-order valence-electron chi connectivity index (χ0n) is 18.2. The van der Waals surface area contributed by atoms with E-state index in [4.69, 9.17) is 0 Å². The molecular weight excluding hydrogens is 378 g/mol. The Morgan fingerprint density at radius 2 is 1.47 bits per heavy atom. The number of carbonyl (C=O) groups is 3. The van der Waals surface area contributed by atoms with Crippen LogP contribution in [0.3, 0.4) is 0 Å². The molecule has 3 N–H and O–H groups in total. The average molecular weight is 412 g/mol. The third-order valence-electron chi connectivity index (χ3n) is 7.40. The summed E-state index contributed by atoms with van der Waals surface area (Å²) in [5.41, 5.74) is 0.880. The lowest BCUT2D eigenvalue weighted by Gasteiger charge is -2.55. The fourth-order valence-corrected chi connectivity index (χ4v) is 6.29. The highest BCUT2D eigenvalue weighted by atomic mass is 16.2. The largest absolute Gasteiger partial charge is 0.355 e. The van der Waals surface area contributed by atoms with Gasteiger partial charge in [0.2, 0.25) is 11.8 Å². The molecule has 4 fully saturated rings. The number of benzene rings is 1. The van der Waals surface area contributed by atoms with Gasteiger partial charge in [-0.1, -0.05) is 13.8 Å². The second-order valence-corrected chi connectivity index (χ2v) is 10.0. The SMILES string of the molecule is CNC(=O)c1ccc(NC(=O)[C@H](NC(=O)C23CC4CC(CC(C4)C2)C3)C(C)C)cc1. The van der Waals surface area contributed by atoms with E-state index in [1.807, 2.05) is 13.8 Å². The van der Waals surface area contributed by atoms with E-state index in [0.29, 0.717) is 29.0 Å². The van der Waals surface area contributed by atoms with Crippen molar-refractivity contribution < 1.29 is 14.4 Å². The first-order valence-corrected chi connectivity index (χ1v) is 11.2. The van der Waals surface area contributed by atoms with Crippen LogP contribution in [0.1, 0.15) is 62.7 Å². The molecule has 6 heteroatoms. The lowest BCUT2D eigenvalue weighted by Crippen LogP contribution is -2.57. The molecule has 0 unspecified atom stereocenters. The summed E-state index contributed by atoms with van der Waals surface area (Å²) in [6.07, 6.45) is 6.81. The first-order chi connectivity index (χ1) is 14.3. The summed E-state index contributed by atoms with van der Waals surface area (Å²) in [5.74, 6) is 1.73. The Morgan fingerprint density at radius 3 is 1.93 bits per heavy atom. The second kappa shape index (κ2) is 8.05. The number of hydrogen-bond donors (Lipinski definition) is 3. The fraction of sp³-hybridized carbons (Fsp3) is 0.625. The van der Waals surface area contributed by atoms with E-state index in [-0.39, 0.29) is 29.1 Å². The van der Waals surface area contributed by atoms with Gasteiger partial charge in [0.1, 0.15) is 6.04 Å². The maximum absolute atomic E-state index is 13.4.